The Bertz CT molecular complexity index is 786. The van der Waals surface area contributed by atoms with E-state index < -0.39 is 0 Å². The van der Waals surface area contributed by atoms with E-state index in [2.05, 4.69) is 65.3 Å². The predicted molar refractivity (Wildman–Crippen MR) is 81.3 cm³/mol. The molecule has 0 aromatic heterocycles. The van der Waals surface area contributed by atoms with E-state index in [1.165, 1.54) is 37.1 Å². The summed E-state index contributed by atoms with van der Waals surface area (Å²) >= 11 is 3.68. The summed E-state index contributed by atoms with van der Waals surface area (Å²) in [5, 5.41) is 5.63. The molecule has 0 fully saturated rings. The summed E-state index contributed by atoms with van der Waals surface area (Å²) in [5.41, 5.74) is 2.99. The Morgan fingerprint density at radius 3 is 2.78 bits per heavy atom. The minimum absolute atomic E-state index is 0.618. The van der Waals surface area contributed by atoms with Gasteiger partial charge in [-0.25, -0.2) is 0 Å². The van der Waals surface area contributed by atoms with Crippen molar-refractivity contribution in [1.82, 2.24) is 0 Å². The summed E-state index contributed by atoms with van der Waals surface area (Å²) in [4.78, 5) is 0. The number of halogens is 1. The number of benzene rings is 3. The summed E-state index contributed by atoms with van der Waals surface area (Å²) in [7, 11) is 0. The summed E-state index contributed by atoms with van der Waals surface area (Å²) in [5.74, 6) is 0.618. The Hall–Kier alpha value is -1.34. The third-order valence-corrected chi connectivity index (χ3v) is 4.84. The molecule has 0 amide bonds. The topological polar surface area (TPSA) is 0 Å². The SMILES string of the molecule is C[C@H]1Cc2ccc(Br)c3ccc4cccc1c4c23. The van der Waals surface area contributed by atoms with Crippen molar-refractivity contribution >= 4 is 37.5 Å². The van der Waals surface area contributed by atoms with E-state index in [0.717, 1.165) is 6.42 Å². The van der Waals surface area contributed by atoms with Crippen molar-refractivity contribution in [3.05, 3.63) is 58.1 Å². The van der Waals surface area contributed by atoms with E-state index in [1.54, 1.807) is 0 Å². The van der Waals surface area contributed by atoms with Gasteiger partial charge in [0.25, 0.3) is 0 Å². The average Bonchev–Trinajstić information content (AvgIpc) is 2.40. The number of hydrogen-bond donors (Lipinski definition) is 0. The Labute approximate surface area is 115 Å². The molecule has 0 bridgehead atoms. The lowest BCUT2D eigenvalue weighted by molar-refractivity contribution is 0.763. The Balaban J connectivity index is 2.36. The van der Waals surface area contributed by atoms with E-state index in [9.17, 15) is 0 Å². The van der Waals surface area contributed by atoms with Gasteiger partial charge in [-0.05, 0) is 51.1 Å². The smallest absolute Gasteiger partial charge is 0.0254 e. The second-order valence-corrected chi connectivity index (χ2v) is 6.10. The van der Waals surface area contributed by atoms with E-state index in [4.69, 9.17) is 0 Å². The standard InChI is InChI=1S/C17H13Br/c1-10-9-12-6-8-15(18)14-7-5-11-3-2-4-13(10)16(11)17(12)14/h2-8,10H,9H2,1H3/t10-/m0/s1. The lowest BCUT2D eigenvalue weighted by Crippen LogP contribution is -2.06. The maximum Gasteiger partial charge on any atom is 0.0254 e. The zero-order chi connectivity index (χ0) is 12.3. The molecule has 0 N–H and O–H groups in total. The molecule has 0 nitrogen and oxygen atoms in total. The molecule has 4 rings (SSSR count). The first kappa shape index (κ1) is 10.6. The molecule has 1 aliphatic carbocycles. The van der Waals surface area contributed by atoms with E-state index in [1.807, 2.05) is 0 Å². The molecular formula is C17H13Br. The van der Waals surface area contributed by atoms with Gasteiger partial charge in [0.1, 0.15) is 0 Å². The minimum Gasteiger partial charge on any atom is -0.0613 e. The normalized spacial score (nSPS) is 17.8. The second kappa shape index (κ2) is 3.58. The Morgan fingerprint density at radius 1 is 1.00 bits per heavy atom. The van der Waals surface area contributed by atoms with Crippen molar-refractivity contribution in [1.29, 1.82) is 0 Å². The molecule has 1 heteroatoms. The second-order valence-electron chi connectivity index (χ2n) is 5.25. The largest absolute Gasteiger partial charge is 0.0613 e. The molecular weight excluding hydrogens is 284 g/mol. The van der Waals surface area contributed by atoms with Gasteiger partial charge in [0, 0.05) is 4.47 Å². The monoisotopic (exact) mass is 296 g/mol. The van der Waals surface area contributed by atoms with Gasteiger partial charge >= 0.3 is 0 Å². The molecule has 18 heavy (non-hydrogen) atoms. The van der Waals surface area contributed by atoms with Gasteiger partial charge in [-0.2, -0.15) is 0 Å². The van der Waals surface area contributed by atoms with Crippen LogP contribution in [0, 0.1) is 0 Å². The van der Waals surface area contributed by atoms with Crippen molar-refractivity contribution in [3.63, 3.8) is 0 Å². The zero-order valence-electron chi connectivity index (χ0n) is 10.2. The van der Waals surface area contributed by atoms with Gasteiger partial charge in [-0.15, -0.1) is 0 Å². The van der Waals surface area contributed by atoms with Crippen molar-refractivity contribution in [2.24, 2.45) is 0 Å². The zero-order valence-corrected chi connectivity index (χ0v) is 11.8. The molecule has 0 aliphatic heterocycles. The minimum atomic E-state index is 0.618. The molecule has 0 spiro atoms. The first-order chi connectivity index (χ1) is 8.75. The summed E-state index contributed by atoms with van der Waals surface area (Å²) in [6, 6.07) is 15.6. The van der Waals surface area contributed by atoms with Crippen LogP contribution in [0.25, 0.3) is 21.5 Å². The van der Waals surface area contributed by atoms with Gasteiger partial charge in [0.15, 0.2) is 0 Å². The molecule has 0 saturated heterocycles. The van der Waals surface area contributed by atoms with E-state index in [0.29, 0.717) is 5.92 Å². The fourth-order valence-electron chi connectivity index (χ4n) is 3.31. The van der Waals surface area contributed by atoms with Crippen LogP contribution in [0.5, 0.6) is 0 Å². The molecule has 3 aromatic carbocycles. The van der Waals surface area contributed by atoms with Crippen LogP contribution in [0.2, 0.25) is 0 Å². The van der Waals surface area contributed by atoms with Gasteiger partial charge in [-0.1, -0.05) is 59.3 Å². The maximum absolute atomic E-state index is 3.68. The quantitative estimate of drug-likeness (QED) is 0.486. The summed E-state index contributed by atoms with van der Waals surface area (Å²) in [6.07, 6.45) is 1.15. The van der Waals surface area contributed by atoms with Crippen LogP contribution in [0.4, 0.5) is 0 Å². The Kier molecular flexibility index (Phi) is 2.10. The molecule has 0 saturated carbocycles. The van der Waals surface area contributed by atoms with Crippen LogP contribution >= 0.6 is 15.9 Å². The van der Waals surface area contributed by atoms with Crippen LogP contribution in [0.1, 0.15) is 24.0 Å². The van der Waals surface area contributed by atoms with E-state index >= 15 is 0 Å². The molecule has 88 valence electrons. The van der Waals surface area contributed by atoms with Gasteiger partial charge in [0.2, 0.25) is 0 Å². The molecule has 1 aliphatic rings. The molecule has 1 atom stereocenters. The van der Waals surface area contributed by atoms with Gasteiger partial charge < -0.3 is 0 Å². The molecule has 0 unspecified atom stereocenters. The van der Waals surface area contributed by atoms with Crippen molar-refractivity contribution in [2.45, 2.75) is 19.3 Å². The molecule has 0 radical (unpaired) electrons. The first-order valence-electron chi connectivity index (χ1n) is 6.38. The average molecular weight is 297 g/mol. The Morgan fingerprint density at radius 2 is 1.89 bits per heavy atom. The molecule has 0 heterocycles. The van der Waals surface area contributed by atoms with Crippen molar-refractivity contribution in [2.75, 3.05) is 0 Å². The number of rotatable bonds is 0. The highest BCUT2D eigenvalue weighted by Crippen LogP contribution is 2.42. The third kappa shape index (κ3) is 1.26. The van der Waals surface area contributed by atoms with Crippen LogP contribution in [0.15, 0.2) is 46.9 Å². The van der Waals surface area contributed by atoms with Crippen LogP contribution in [-0.4, -0.2) is 0 Å². The lowest BCUT2D eigenvalue weighted by Gasteiger charge is -2.24. The third-order valence-electron chi connectivity index (χ3n) is 4.14. The highest BCUT2D eigenvalue weighted by atomic mass is 79.9. The highest BCUT2D eigenvalue weighted by Gasteiger charge is 2.20. The first-order valence-corrected chi connectivity index (χ1v) is 7.18. The lowest BCUT2D eigenvalue weighted by atomic mass is 9.81. The van der Waals surface area contributed by atoms with Crippen molar-refractivity contribution < 1.29 is 0 Å². The van der Waals surface area contributed by atoms with Crippen molar-refractivity contribution in [3.8, 4) is 0 Å². The summed E-state index contributed by atoms with van der Waals surface area (Å²) in [6.45, 7) is 2.33. The van der Waals surface area contributed by atoms with Crippen LogP contribution in [0.3, 0.4) is 0 Å². The van der Waals surface area contributed by atoms with Gasteiger partial charge in [-0.3, -0.25) is 0 Å². The maximum atomic E-state index is 3.68. The van der Waals surface area contributed by atoms with E-state index in [-0.39, 0.29) is 0 Å². The van der Waals surface area contributed by atoms with Crippen LogP contribution in [-0.2, 0) is 6.42 Å². The predicted octanol–water partition coefficient (Wildman–Crippen LogP) is 5.42. The van der Waals surface area contributed by atoms with Crippen LogP contribution < -0.4 is 0 Å². The molecule has 3 aromatic rings. The fraction of sp³-hybridized carbons (Fsp3) is 0.176. The fourth-order valence-corrected chi connectivity index (χ4v) is 3.77. The number of hydrogen-bond acceptors (Lipinski definition) is 0. The van der Waals surface area contributed by atoms with Gasteiger partial charge in [0.05, 0.1) is 0 Å². The highest BCUT2D eigenvalue weighted by molar-refractivity contribution is 9.10. The summed E-state index contributed by atoms with van der Waals surface area (Å²) < 4.78 is 1.20.